The minimum absolute atomic E-state index is 0.195. The Balaban J connectivity index is 1.97. The van der Waals surface area contributed by atoms with Gasteiger partial charge in [-0.2, -0.15) is 5.10 Å². The smallest absolute Gasteiger partial charge is 0.241 e. The summed E-state index contributed by atoms with van der Waals surface area (Å²) in [6, 6.07) is 6.82. The first-order valence-electron chi connectivity index (χ1n) is 5.97. The standard InChI is InChI=1S/C13H12N4O2S/c18-20(19,17-8-10-6-15-16-7-10)13-3-1-2-11-9-14-5-4-12(11)13/h1-7,9,17H,8H2,(H,15,16). The monoisotopic (exact) mass is 288 g/mol. The highest BCUT2D eigenvalue weighted by Gasteiger charge is 2.16. The first kappa shape index (κ1) is 12.8. The van der Waals surface area contributed by atoms with E-state index in [0.717, 1.165) is 10.9 Å². The Hall–Kier alpha value is -2.25. The quantitative estimate of drug-likeness (QED) is 0.760. The topological polar surface area (TPSA) is 87.7 Å². The number of sulfonamides is 1. The number of nitrogens with zero attached hydrogens (tertiary/aromatic N) is 2. The maximum Gasteiger partial charge on any atom is 0.241 e. The highest BCUT2D eigenvalue weighted by molar-refractivity contribution is 7.89. The number of rotatable bonds is 4. The van der Waals surface area contributed by atoms with Gasteiger partial charge in [0.25, 0.3) is 0 Å². The van der Waals surface area contributed by atoms with Gasteiger partial charge in [-0.3, -0.25) is 10.1 Å². The van der Waals surface area contributed by atoms with Crippen LogP contribution in [0.4, 0.5) is 0 Å². The summed E-state index contributed by atoms with van der Waals surface area (Å²) in [6.45, 7) is 0.195. The van der Waals surface area contributed by atoms with E-state index >= 15 is 0 Å². The number of H-pyrrole nitrogens is 1. The van der Waals surface area contributed by atoms with E-state index in [0.29, 0.717) is 5.39 Å². The van der Waals surface area contributed by atoms with Gasteiger partial charge < -0.3 is 0 Å². The lowest BCUT2D eigenvalue weighted by Crippen LogP contribution is -2.23. The summed E-state index contributed by atoms with van der Waals surface area (Å²) in [5.41, 5.74) is 0.774. The molecule has 1 aromatic carbocycles. The van der Waals surface area contributed by atoms with Crippen LogP contribution in [-0.4, -0.2) is 23.6 Å². The molecule has 3 rings (SSSR count). The van der Waals surface area contributed by atoms with E-state index in [1.807, 2.05) is 6.07 Å². The average molecular weight is 288 g/mol. The van der Waals surface area contributed by atoms with Crippen molar-refractivity contribution >= 4 is 20.8 Å². The Kier molecular flexibility index (Phi) is 3.21. The van der Waals surface area contributed by atoms with E-state index in [1.165, 1.54) is 0 Å². The largest absolute Gasteiger partial charge is 0.285 e. The number of aromatic amines is 1. The fourth-order valence-corrected chi connectivity index (χ4v) is 3.20. The first-order valence-corrected chi connectivity index (χ1v) is 7.45. The zero-order valence-corrected chi connectivity index (χ0v) is 11.3. The molecule has 0 radical (unpaired) electrons. The van der Waals surface area contributed by atoms with E-state index in [-0.39, 0.29) is 11.4 Å². The number of pyridine rings is 1. The number of fused-ring (bicyclic) bond motifs is 1. The van der Waals surface area contributed by atoms with Crippen LogP contribution in [0.1, 0.15) is 5.56 Å². The number of hydrogen-bond donors (Lipinski definition) is 2. The lowest BCUT2D eigenvalue weighted by molar-refractivity contribution is 0.582. The number of benzene rings is 1. The van der Waals surface area contributed by atoms with Crippen molar-refractivity contribution in [3.8, 4) is 0 Å². The molecule has 0 atom stereocenters. The molecule has 0 amide bonds. The molecular formula is C13H12N4O2S. The SMILES string of the molecule is O=S(=O)(NCc1cn[nH]c1)c1cccc2cnccc12. The van der Waals surface area contributed by atoms with Gasteiger partial charge in [-0.25, -0.2) is 13.1 Å². The molecule has 3 aromatic rings. The molecular weight excluding hydrogens is 276 g/mol. The Bertz CT molecular complexity index is 823. The summed E-state index contributed by atoms with van der Waals surface area (Å²) in [6.07, 6.45) is 6.45. The molecule has 2 heterocycles. The molecule has 2 N–H and O–H groups in total. The van der Waals surface area contributed by atoms with Crippen LogP contribution in [-0.2, 0) is 16.6 Å². The van der Waals surface area contributed by atoms with Crippen molar-refractivity contribution in [3.05, 3.63) is 54.6 Å². The Labute approximate surface area is 115 Å². The van der Waals surface area contributed by atoms with Crippen molar-refractivity contribution in [1.82, 2.24) is 19.9 Å². The minimum Gasteiger partial charge on any atom is -0.285 e. The van der Waals surface area contributed by atoms with Crippen molar-refractivity contribution in [2.24, 2.45) is 0 Å². The van der Waals surface area contributed by atoms with Crippen molar-refractivity contribution in [2.45, 2.75) is 11.4 Å². The third-order valence-corrected chi connectivity index (χ3v) is 4.41. The number of hydrogen-bond acceptors (Lipinski definition) is 4. The molecule has 0 saturated carbocycles. The van der Waals surface area contributed by atoms with Gasteiger partial charge in [0.05, 0.1) is 11.1 Å². The van der Waals surface area contributed by atoms with Crippen molar-refractivity contribution < 1.29 is 8.42 Å². The van der Waals surface area contributed by atoms with Crippen molar-refractivity contribution in [3.63, 3.8) is 0 Å². The van der Waals surface area contributed by atoms with Crippen LogP contribution < -0.4 is 4.72 Å². The van der Waals surface area contributed by atoms with Crippen LogP contribution >= 0.6 is 0 Å². The van der Waals surface area contributed by atoms with Gasteiger partial charge in [0, 0.05) is 41.5 Å². The van der Waals surface area contributed by atoms with Gasteiger partial charge in [-0.1, -0.05) is 12.1 Å². The van der Waals surface area contributed by atoms with Gasteiger partial charge in [0.2, 0.25) is 10.0 Å². The van der Waals surface area contributed by atoms with Gasteiger partial charge >= 0.3 is 0 Å². The fourth-order valence-electron chi connectivity index (χ4n) is 1.96. The molecule has 6 nitrogen and oxygen atoms in total. The number of nitrogens with one attached hydrogen (secondary N) is 2. The van der Waals surface area contributed by atoms with E-state index in [9.17, 15) is 8.42 Å². The summed E-state index contributed by atoms with van der Waals surface area (Å²) in [5, 5.41) is 7.86. The predicted molar refractivity (Wildman–Crippen MR) is 74.4 cm³/mol. The molecule has 2 aromatic heterocycles. The van der Waals surface area contributed by atoms with Gasteiger partial charge in [0.1, 0.15) is 0 Å². The highest BCUT2D eigenvalue weighted by Crippen LogP contribution is 2.21. The van der Waals surface area contributed by atoms with E-state index < -0.39 is 10.0 Å². The van der Waals surface area contributed by atoms with Gasteiger partial charge in [-0.15, -0.1) is 0 Å². The van der Waals surface area contributed by atoms with E-state index in [4.69, 9.17) is 0 Å². The Morgan fingerprint density at radius 3 is 2.90 bits per heavy atom. The molecule has 0 unspecified atom stereocenters. The lowest BCUT2D eigenvalue weighted by atomic mass is 10.2. The highest BCUT2D eigenvalue weighted by atomic mass is 32.2. The van der Waals surface area contributed by atoms with E-state index in [2.05, 4.69) is 19.9 Å². The molecule has 0 aliphatic rings. The molecule has 0 spiro atoms. The summed E-state index contributed by atoms with van der Waals surface area (Å²) >= 11 is 0. The molecule has 0 bridgehead atoms. The maximum absolute atomic E-state index is 12.4. The number of aromatic nitrogens is 3. The molecule has 0 saturated heterocycles. The van der Waals surface area contributed by atoms with Crippen LogP contribution in [0.2, 0.25) is 0 Å². The Morgan fingerprint density at radius 1 is 1.20 bits per heavy atom. The van der Waals surface area contributed by atoms with E-state index in [1.54, 1.807) is 43.0 Å². The second-order valence-corrected chi connectivity index (χ2v) is 6.02. The Morgan fingerprint density at radius 2 is 2.10 bits per heavy atom. The molecule has 0 fully saturated rings. The second-order valence-electron chi connectivity index (χ2n) is 4.28. The van der Waals surface area contributed by atoms with Crippen molar-refractivity contribution in [1.29, 1.82) is 0 Å². The molecule has 0 aliphatic heterocycles. The summed E-state index contributed by atoms with van der Waals surface area (Å²) in [7, 11) is -3.58. The zero-order chi connectivity index (χ0) is 14.0. The van der Waals surface area contributed by atoms with Crippen LogP contribution in [0.3, 0.4) is 0 Å². The van der Waals surface area contributed by atoms with Crippen LogP contribution in [0, 0.1) is 0 Å². The van der Waals surface area contributed by atoms with Crippen LogP contribution in [0.5, 0.6) is 0 Å². The normalized spacial score (nSPS) is 11.8. The minimum atomic E-state index is -3.58. The summed E-state index contributed by atoms with van der Waals surface area (Å²) in [5.74, 6) is 0. The molecule has 20 heavy (non-hydrogen) atoms. The first-order chi connectivity index (χ1) is 9.67. The fraction of sp³-hybridized carbons (Fsp3) is 0.0769. The predicted octanol–water partition coefficient (Wildman–Crippen LogP) is 1.44. The summed E-state index contributed by atoms with van der Waals surface area (Å²) in [4.78, 5) is 4.25. The third-order valence-electron chi connectivity index (χ3n) is 2.95. The average Bonchev–Trinajstić information content (AvgIpc) is 2.98. The maximum atomic E-state index is 12.4. The van der Waals surface area contributed by atoms with Gasteiger partial charge in [0.15, 0.2) is 0 Å². The van der Waals surface area contributed by atoms with Crippen LogP contribution in [0.25, 0.3) is 10.8 Å². The van der Waals surface area contributed by atoms with Crippen molar-refractivity contribution in [2.75, 3.05) is 0 Å². The molecule has 0 aliphatic carbocycles. The van der Waals surface area contributed by atoms with Gasteiger partial charge in [-0.05, 0) is 12.1 Å². The zero-order valence-electron chi connectivity index (χ0n) is 10.4. The summed E-state index contributed by atoms with van der Waals surface area (Å²) < 4.78 is 27.3. The van der Waals surface area contributed by atoms with Crippen LogP contribution in [0.15, 0.2) is 53.9 Å². The molecule has 7 heteroatoms. The molecule has 102 valence electrons. The third kappa shape index (κ3) is 2.40. The second kappa shape index (κ2) is 5.03. The lowest BCUT2D eigenvalue weighted by Gasteiger charge is -2.08.